The molecule has 4 aromatic rings. The van der Waals surface area contributed by atoms with E-state index in [4.69, 9.17) is 0 Å². The number of amides is 2. The van der Waals surface area contributed by atoms with Crippen LogP contribution in [0.1, 0.15) is 37.3 Å². The highest BCUT2D eigenvalue weighted by Gasteiger charge is 2.35. The largest absolute Gasteiger partial charge is 0.347 e. The summed E-state index contributed by atoms with van der Waals surface area (Å²) >= 11 is 0. The van der Waals surface area contributed by atoms with Gasteiger partial charge in [0.1, 0.15) is 0 Å². The third kappa shape index (κ3) is 2.84. The number of carbonyl (C=O) groups is 2. The van der Waals surface area contributed by atoms with Crippen molar-refractivity contribution in [1.82, 2.24) is 14.5 Å². The van der Waals surface area contributed by atoms with Crippen molar-refractivity contribution in [1.29, 1.82) is 0 Å². The van der Waals surface area contributed by atoms with Gasteiger partial charge in [-0.1, -0.05) is 43.3 Å². The Morgan fingerprint density at radius 1 is 0.750 bits per heavy atom. The van der Waals surface area contributed by atoms with Crippen LogP contribution in [0.5, 0.6) is 0 Å². The summed E-state index contributed by atoms with van der Waals surface area (Å²) in [4.78, 5) is 26.2. The molecule has 1 atom stereocenters. The van der Waals surface area contributed by atoms with E-state index in [1.807, 2.05) is 36.4 Å². The van der Waals surface area contributed by atoms with Crippen molar-refractivity contribution in [3.05, 3.63) is 72.1 Å². The summed E-state index contributed by atoms with van der Waals surface area (Å²) in [6.07, 6.45) is 7.44. The Kier molecular flexibility index (Phi) is 4.32. The molecule has 2 aliphatic rings. The third-order valence-electron chi connectivity index (χ3n) is 7.01. The Labute approximate surface area is 186 Å². The van der Waals surface area contributed by atoms with Crippen molar-refractivity contribution in [3.8, 4) is 0 Å². The lowest BCUT2D eigenvalue weighted by molar-refractivity contribution is -0.122. The molecule has 0 saturated carbocycles. The summed E-state index contributed by atoms with van der Waals surface area (Å²) in [6, 6.07) is 16.3. The molecule has 0 fully saturated rings. The van der Waals surface area contributed by atoms with Gasteiger partial charge in [-0.05, 0) is 37.3 Å². The molecule has 2 aromatic carbocycles. The standard InChI is InChI=1S/C27H25N3O2/c1-17-7-6-13-29-15-20(18-8-2-4-10-22(18)29)24-25(27(32)28-26(24)31)21-16-30(14-12-17)23-11-5-3-9-19(21)23/h2-5,8-11,15-17H,6-7,12-14H2,1H3,(H,28,31,32). The van der Waals surface area contributed by atoms with Crippen molar-refractivity contribution in [2.24, 2.45) is 5.92 Å². The fourth-order valence-corrected chi connectivity index (χ4v) is 5.35. The number of para-hydroxylation sites is 2. The average molecular weight is 424 g/mol. The van der Waals surface area contributed by atoms with Crippen LogP contribution < -0.4 is 5.32 Å². The quantitative estimate of drug-likeness (QED) is 0.406. The molecule has 4 heterocycles. The summed E-state index contributed by atoms with van der Waals surface area (Å²) < 4.78 is 4.49. The van der Waals surface area contributed by atoms with Gasteiger partial charge in [0.15, 0.2) is 0 Å². The van der Waals surface area contributed by atoms with Crippen molar-refractivity contribution >= 4 is 44.8 Å². The number of benzene rings is 2. The Morgan fingerprint density at radius 3 is 1.88 bits per heavy atom. The zero-order valence-electron chi connectivity index (χ0n) is 18.1. The maximum Gasteiger partial charge on any atom is 0.259 e. The van der Waals surface area contributed by atoms with Crippen molar-refractivity contribution < 1.29 is 9.59 Å². The van der Waals surface area contributed by atoms with Gasteiger partial charge in [0.2, 0.25) is 0 Å². The van der Waals surface area contributed by atoms with Crippen LogP contribution in [0.15, 0.2) is 60.9 Å². The molecule has 0 aliphatic carbocycles. The maximum atomic E-state index is 13.1. The molecule has 0 spiro atoms. The number of rotatable bonds is 0. The SMILES string of the molecule is CC1CCCn2cc(c3ccccc32)C2=C(C(=O)NC2=O)c2cn(c3ccccc23)CC1. The summed E-state index contributed by atoms with van der Waals surface area (Å²) in [5, 5.41) is 4.60. The van der Waals surface area contributed by atoms with E-state index in [0.717, 1.165) is 65.3 Å². The van der Waals surface area contributed by atoms with Crippen LogP contribution in [0, 0.1) is 5.92 Å². The lowest BCUT2D eigenvalue weighted by Crippen LogP contribution is -2.22. The zero-order valence-corrected chi connectivity index (χ0v) is 18.1. The monoisotopic (exact) mass is 423 g/mol. The van der Waals surface area contributed by atoms with Gasteiger partial charge in [-0.25, -0.2) is 0 Å². The smallest absolute Gasteiger partial charge is 0.259 e. The number of fused-ring (bicyclic) bond motifs is 12. The number of nitrogens with one attached hydrogen (secondary N) is 1. The first-order valence-corrected chi connectivity index (χ1v) is 11.4. The molecule has 5 heteroatoms. The van der Waals surface area contributed by atoms with Gasteiger partial charge >= 0.3 is 0 Å². The first kappa shape index (κ1) is 19.1. The van der Waals surface area contributed by atoms with E-state index in [0.29, 0.717) is 17.1 Å². The molecule has 5 nitrogen and oxygen atoms in total. The van der Waals surface area contributed by atoms with Crippen LogP contribution in [0.3, 0.4) is 0 Å². The number of hydrogen-bond donors (Lipinski definition) is 1. The molecule has 2 aromatic heterocycles. The fourth-order valence-electron chi connectivity index (χ4n) is 5.35. The molecule has 32 heavy (non-hydrogen) atoms. The first-order chi connectivity index (χ1) is 15.6. The lowest BCUT2D eigenvalue weighted by atomic mass is 9.95. The van der Waals surface area contributed by atoms with E-state index in [1.165, 1.54) is 0 Å². The van der Waals surface area contributed by atoms with Crippen LogP contribution >= 0.6 is 0 Å². The van der Waals surface area contributed by atoms with E-state index < -0.39 is 0 Å². The minimum atomic E-state index is -0.315. The molecule has 6 rings (SSSR count). The normalized spacial score (nSPS) is 19.3. The van der Waals surface area contributed by atoms with Crippen molar-refractivity contribution in [2.75, 3.05) is 0 Å². The summed E-state index contributed by atoms with van der Waals surface area (Å²) in [7, 11) is 0. The van der Waals surface area contributed by atoms with Crippen LogP contribution in [-0.2, 0) is 22.7 Å². The molecular weight excluding hydrogens is 398 g/mol. The van der Waals surface area contributed by atoms with Gasteiger partial charge in [0.05, 0.1) is 11.1 Å². The predicted octanol–water partition coefficient (Wildman–Crippen LogP) is 4.98. The number of nitrogens with zero attached hydrogens (tertiary/aromatic N) is 2. The average Bonchev–Trinajstić information content (AvgIpc) is 3.43. The highest BCUT2D eigenvalue weighted by atomic mass is 16.2. The minimum Gasteiger partial charge on any atom is -0.347 e. The summed E-state index contributed by atoms with van der Waals surface area (Å²) in [5.74, 6) is -0.0226. The van der Waals surface area contributed by atoms with E-state index >= 15 is 0 Å². The van der Waals surface area contributed by atoms with Crippen molar-refractivity contribution in [3.63, 3.8) is 0 Å². The Hall–Kier alpha value is -3.60. The van der Waals surface area contributed by atoms with Crippen LogP contribution in [-0.4, -0.2) is 20.9 Å². The topological polar surface area (TPSA) is 56.0 Å². The zero-order chi connectivity index (χ0) is 21.8. The van der Waals surface area contributed by atoms with Crippen LogP contribution in [0.2, 0.25) is 0 Å². The molecule has 1 unspecified atom stereocenters. The number of hydrogen-bond acceptors (Lipinski definition) is 2. The lowest BCUT2D eigenvalue weighted by Gasteiger charge is -2.13. The van der Waals surface area contributed by atoms with E-state index in [9.17, 15) is 9.59 Å². The van der Waals surface area contributed by atoms with Crippen LogP contribution in [0.25, 0.3) is 33.0 Å². The number of aryl methyl sites for hydroxylation is 2. The Bertz CT molecular complexity index is 1440. The molecule has 1 N–H and O–H groups in total. The third-order valence-corrected chi connectivity index (χ3v) is 7.01. The van der Waals surface area contributed by atoms with Crippen molar-refractivity contribution in [2.45, 2.75) is 39.3 Å². The highest BCUT2D eigenvalue weighted by molar-refractivity contribution is 6.50. The van der Waals surface area contributed by atoms with E-state index in [1.54, 1.807) is 0 Å². The number of imide groups is 1. The maximum absolute atomic E-state index is 13.1. The first-order valence-electron chi connectivity index (χ1n) is 11.4. The van der Waals surface area contributed by atoms with Gasteiger partial charge in [-0.3, -0.25) is 14.9 Å². The minimum absolute atomic E-state index is 0.314. The fraction of sp³-hybridized carbons (Fsp3) is 0.259. The van der Waals surface area contributed by atoms with Gasteiger partial charge < -0.3 is 9.13 Å². The van der Waals surface area contributed by atoms with E-state index in [-0.39, 0.29) is 11.8 Å². The van der Waals surface area contributed by atoms with Gasteiger partial charge in [-0.2, -0.15) is 0 Å². The summed E-state index contributed by atoms with van der Waals surface area (Å²) in [6.45, 7) is 4.11. The Balaban J connectivity index is 1.70. The second kappa shape index (κ2) is 7.23. The molecule has 0 saturated heterocycles. The van der Waals surface area contributed by atoms with Gasteiger partial charge in [0, 0.05) is 58.4 Å². The summed E-state index contributed by atoms with van der Waals surface area (Å²) in [5.41, 5.74) is 4.84. The number of carbonyl (C=O) groups excluding carboxylic acids is 2. The van der Waals surface area contributed by atoms with Gasteiger partial charge in [0.25, 0.3) is 11.8 Å². The molecule has 4 bridgehead atoms. The second-order valence-electron chi connectivity index (χ2n) is 9.08. The molecule has 2 aliphatic heterocycles. The Morgan fingerprint density at radius 2 is 1.28 bits per heavy atom. The van der Waals surface area contributed by atoms with Crippen LogP contribution in [0.4, 0.5) is 0 Å². The molecule has 2 amide bonds. The molecule has 160 valence electrons. The van der Waals surface area contributed by atoms with Gasteiger partial charge in [-0.15, -0.1) is 0 Å². The number of aromatic nitrogens is 2. The molecular formula is C27H25N3O2. The second-order valence-corrected chi connectivity index (χ2v) is 9.08. The molecule has 0 radical (unpaired) electrons. The van der Waals surface area contributed by atoms with E-state index in [2.05, 4.69) is 45.9 Å². The highest BCUT2D eigenvalue weighted by Crippen LogP contribution is 2.39. The predicted molar refractivity (Wildman–Crippen MR) is 127 cm³/mol.